The number of aryl methyl sites for hydroxylation is 2. The van der Waals surface area contributed by atoms with Crippen LogP contribution < -0.4 is 10.2 Å². The van der Waals surface area contributed by atoms with E-state index < -0.39 is 6.10 Å². The minimum atomic E-state index is -0.494. The number of anilines is 1. The van der Waals surface area contributed by atoms with E-state index in [-0.39, 0.29) is 0 Å². The zero-order valence-electron chi connectivity index (χ0n) is 13.2. The van der Waals surface area contributed by atoms with Gasteiger partial charge in [-0.1, -0.05) is 30.3 Å². The lowest BCUT2D eigenvalue weighted by Gasteiger charge is -2.17. The van der Waals surface area contributed by atoms with Crippen LogP contribution in [0.1, 0.15) is 22.9 Å². The molecule has 0 amide bonds. The van der Waals surface area contributed by atoms with Crippen LogP contribution in [0, 0.1) is 6.92 Å². The van der Waals surface area contributed by atoms with Crippen molar-refractivity contribution in [2.24, 2.45) is 7.05 Å². The van der Waals surface area contributed by atoms with E-state index in [1.807, 2.05) is 63.1 Å². The summed E-state index contributed by atoms with van der Waals surface area (Å²) >= 11 is 0. The van der Waals surface area contributed by atoms with Gasteiger partial charge in [-0.15, -0.1) is 0 Å². The van der Waals surface area contributed by atoms with Gasteiger partial charge in [0.15, 0.2) is 0 Å². The van der Waals surface area contributed by atoms with Crippen molar-refractivity contribution in [3.05, 3.63) is 47.2 Å². The summed E-state index contributed by atoms with van der Waals surface area (Å²) < 4.78 is 1.89. The molecule has 0 saturated carbocycles. The Kier molecular flexibility index (Phi) is 4.98. The highest BCUT2D eigenvalue weighted by Gasteiger charge is 2.15. The zero-order valence-corrected chi connectivity index (χ0v) is 13.2. The first-order chi connectivity index (χ1) is 10.0. The molecule has 0 bridgehead atoms. The van der Waals surface area contributed by atoms with Crippen molar-refractivity contribution >= 4 is 5.82 Å². The first kappa shape index (κ1) is 15.5. The topological polar surface area (TPSA) is 53.3 Å². The summed E-state index contributed by atoms with van der Waals surface area (Å²) in [6.45, 7) is 3.22. The van der Waals surface area contributed by atoms with Gasteiger partial charge in [0.1, 0.15) is 5.82 Å². The van der Waals surface area contributed by atoms with Gasteiger partial charge < -0.3 is 15.3 Å². The maximum atomic E-state index is 10.2. The van der Waals surface area contributed by atoms with Gasteiger partial charge in [-0.3, -0.25) is 4.68 Å². The maximum absolute atomic E-state index is 10.2. The standard InChI is InChI=1S/C16H24N4O/c1-12-14(16(19(2)3)20(4)18-12)10-17-11-15(21)13-8-6-5-7-9-13/h5-9,15,17,21H,10-11H2,1-4H3/t15-/m0/s1. The molecule has 2 N–H and O–H groups in total. The van der Waals surface area contributed by atoms with Crippen molar-refractivity contribution < 1.29 is 5.11 Å². The third-order valence-corrected chi connectivity index (χ3v) is 3.56. The normalized spacial score (nSPS) is 12.4. The molecule has 5 nitrogen and oxygen atoms in total. The number of rotatable bonds is 6. The molecule has 1 aromatic carbocycles. The van der Waals surface area contributed by atoms with E-state index >= 15 is 0 Å². The molecule has 2 rings (SSSR count). The molecule has 0 spiro atoms. The van der Waals surface area contributed by atoms with Gasteiger partial charge >= 0.3 is 0 Å². The highest BCUT2D eigenvalue weighted by Crippen LogP contribution is 2.21. The average Bonchev–Trinajstić information content (AvgIpc) is 2.74. The molecule has 1 aromatic heterocycles. The molecule has 1 heterocycles. The summed E-state index contributed by atoms with van der Waals surface area (Å²) in [5.74, 6) is 1.09. The Balaban J connectivity index is 1.98. The molecular formula is C16H24N4O. The van der Waals surface area contributed by atoms with Crippen molar-refractivity contribution in [1.82, 2.24) is 15.1 Å². The first-order valence-electron chi connectivity index (χ1n) is 7.14. The van der Waals surface area contributed by atoms with Crippen molar-refractivity contribution in [1.29, 1.82) is 0 Å². The van der Waals surface area contributed by atoms with Gasteiger partial charge in [0, 0.05) is 39.8 Å². The van der Waals surface area contributed by atoms with Crippen LogP contribution in [-0.2, 0) is 13.6 Å². The van der Waals surface area contributed by atoms with Gasteiger partial charge in [0.25, 0.3) is 0 Å². The number of aromatic nitrogens is 2. The summed E-state index contributed by atoms with van der Waals surface area (Å²) in [4.78, 5) is 2.06. The van der Waals surface area contributed by atoms with Crippen LogP contribution in [0.2, 0.25) is 0 Å². The van der Waals surface area contributed by atoms with Crippen molar-refractivity contribution in [3.8, 4) is 0 Å². The van der Waals surface area contributed by atoms with E-state index in [2.05, 4.69) is 15.3 Å². The highest BCUT2D eigenvalue weighted by molar-refractivity contribution is 5.48. The minimum absolute atomic E-state index is 0.494. The lowest BCUT2D eigenvalue weighted by atomic mass is 10.1. The molecule has 21 heavy (non-hydrogen) atoms. The molecular weight excluding hydrogens is 264 g/mol. The number of aliphatic hydroxyl groups excluding tert-OH is 1. The Bertz CT molecular complexity index is 577. The van der Waals surface area contributed by atoms with Crippen molar-refractivity contribution in [2.45, 2.75) is 19.6 Å². The second-order valence-corrected chi connectivity index (χ2v) is 5.46. The van der Waals surface area contributed by atoms with Gasteiger partial charge in [-0.05, 0) is 12.5 Å². The first-order valence-corrected chi connectivity index (χ1v) is 7.14. The lowest BCUT2D eigenvalue weighted by Crippen LogP contribution is -2.23. The molecule has 0 aliphatic rings. The second-order valence-electron chi connectivity index (χ2n) is 5.46. The molecule has 1 atom stereocenters. The van der Waals surface area contributed by atoms with Gasteiger partial charge in [-0.25, -0.2) is 0 Å². The van der Waals surface area contributed by atoms with Crippen LogP contribution in [0.25, 0.3) is 0 Å². The maximum Gasteiger partial charge on any atom is 0.130 e. The van der Waals surface area contributed by atoms with Gasteiger partial charge in [0.05, 0.1) is 11.8 Å². The monoisotopic (exact) mass is 288 g/mol. The smallest absolute Gasteiger partial charge is 0.130 e. The van der Waals surface area contributed by atoms with Crippen LogP contribution >= 0.6 is 0 Å². The van der Waals surface area contributed by atoms with Crippen LogP contribution in [0.4, 0.5) is 5.82 Å². The zero-order chi connectivity index (χ0) is 15.4. The second kappa shape index (κ2) is 6.74. The van der Waals surface area contributed by atoms with E-state index in [1.165, 1.54) is 5.56 Å². The van der Waals surface area contributed by atoms with Crippen LogP contribution in [0.3, 0.4) is 0 Å². The Labute approximate surface area is 126 Å². The Morgan fingerprint density at radius 2 is 1.95 bits per heavy atom. The number of aliphatic hydroxyl groups is 1. The Hall–Kier alpha value is -1.85. The predicted octanol–water partition coefficient (Wildman–Crippen LogP) is 1.62. The van der Waals surface area contributed by atoms with E-state index in [1.54, 1.807) is 0 Å². The largest absolute Gasteiger partial charge is 0.387 e. The third-order valence-electron chi connectivity index (χ3n) is 3.56. The van der Waals surface area contributed by atoms with Crippen LogP contribution in [0.15, 0.2) is 30.3 Å². The quantitative estimate of drug-likeness (QED) is 0.848. The fourth-order valence-electron chi connectivity index (χ4n) is 2.58. The van der Waals surface area contributed by atoms with Crippen molar-refractivity contribution in [2.75, 3.05) is 25.5 Å². The predicted molar refractivity (Wildman–Crippen MR) is 85.4 cm³/mol. The van der Waals surface area contributed by atoms with Gasteiger partial charge in [-0.2, -0.15) is 5.10 Å². The number of hydrogen-bond donors (Lipinski definition) is 2. The van der Waals surface area contributed by atoms with Crippen LogP contribution in [-0.4, -0.2) is 35.5 Å². The average molecular weight is 288 g/mol. The molecule has 0 radical (unpaired) electrons. The molecule has 0 fully saturated rings. The minimum Gasteiger partial charge on any atom is -0.387 e. The van der Waals surface area contributed by atoms with E-state index in [0.717, 1.165) is 17.1 Å². The summed E-state index contributed by atoms with van der Waals surface area (Å²) in [5, 5.41) is 17.9. The SMILES string of the molecule is Cc1nn(C)c(N(C)C)c1CNC[C@H](O)c1ccccc1. The summed E-state index contributed by atoms with van der Waals surface area (Å²) in [5.41, 5.74) is 3.12. The summed E-state index contributed by atoms with van der Waals surface area (Å²) in [6, 6.07) is 9.70. The molecule has 114 valence electrons. The third kappa shape index (κ3) is 3.62. The van der Waals surface area contributed by atoms with E-state index in [9.17, 15) is 5.11 Å². The number of nitrogens with zero attached hydrogens (tertiary/aromatic N) is 3. The summed E-state index contributed by atoms with van der Waals surface area (Å²) in [7, 11) is 5.97. The van der Waals surface area contributed by atoms with Crippen LogP contribution in [0.5, 0.6) is 0 Å². The molecule has 0 aliphatic heterocycles. The lowest BCUT2D eigenvalue weighted by molar-refractivity contribution is 0.174. The molecule has 0 unspecified atom stereocenters. The molecule has 0 aliphatic carbocycles. The summed E-state index contributed by atoms with van der Waals surface area (Å²) in [6.07, 6.45) is -0.494. The van der Waals surface area contributed by atoms with E-state index in [0.29, 0.717) is 13.1 Å². The molecule has 2 aromatic rings. The number of benzene rings is 1. The Morgan fingerprint density at radius 1 is 1.29 bits per heavy atom. The van der Waals surface area contributed by atoms with Gasteiger partial charge in [0.2, 0.25) is 0 Å². The Morgan fingerprint density at radius 3 is 2.57 bits per heavy atom. The highest BCUT2D eigenvalue weighted by atomic mass is 16.3. The number of hydrogen-bond acceptors (Lipinski definition) is 4. The van der Waals surface area contributed by atoms with Crippen molar-refractivity contribution in [3.63, 3.8) is 0 Å². The molecule has 0 saturated heterocycles. The fraction of sp³-hybridized carbons (Fsp3) is 0.438. The molecule has 5 heteroatoms. The fourth-order valence-corrected chi connectivity index (χ4v) is 2.58. The van der Waals surface area contributed by atoms with E-state index in [4.69, 9.17) is 0 Å². The number of nitrogens with one attached hydrogen (secondary N) is 1.